The second kappa shape index (κ2) is 5.99. The van der Waals surface area contributed by atoms with Crippen LogP contribution in [0.1, 0.15) is 16.5 Å². The van der Waals surface area contributed by atoms with Gasteiger partial charge in [-0.3, -0.25) is 11.3 Å². The van der Waals surface area contributed by atoms with E-state index in [2.05, 4.69) is 5.43 Å². The quantitative estimate of drug-likeness (QED) is 0.663. The second-order valence-electron chi connectivity index (χ2n) is 3.77. The summed E-state index contributed by atoms with van der Waals surface area (Å²) < 4.78 is 14.4. The van der Waals surface area contributed by atoms with Gasteiger partial charge in [0.25, 0.3) is 0 Å². The highest BCUT2D eigenvalue weighted by Crippen LogP contribution is 2.31. The third kappa shape index (κ3) is 3.02. The van der Waals surface area contributed by atoms with Gasteiger partial charge in [-0.05, 0) is 30.7 Å². The molecule has 1 aromatic heterocycles. The molecule has 2 nitrogen and oxygen atoms in total. The second-order valence-corrected chi connectivity index (χ2v) is 5.92. The number of nitrogens with one attached hydrogen (secondary N) is 1. The Hall–Kier alpha value is -0.650. The lowest BCUT2D eigenvalue weighted by Crippen LogP contribution is -2.29. The molecule has 0 fully saturated rings. The molecule has 0 aliphatic rings. The van der Waals surface area contributed by atoms with Gasteiger partial charge in [0.2, 0.25) is 0 Å². The number of hydrogen-bond acceptors (Lipinski definition) is 3. The summed E-state index contributed by atoms with van der Waals surface area (Å²) in [5, 5.41) is 0.401. The maximum absolute atomic E-state index is 13.7. The van der Waals surface area contributed by atoms with E-state index in [1.165, 1.54) is 17.4 Å². The Balaban J connectivity index is 2.26. The first-order valence-electron chi connectivity index (χ1n) is 5.26. The van der Waals surface area contributed by atoms with Crippen LogP contribution in [0.25, 0.3) is 0 Å². The molecular weight excluding hydrogens is 294 g/mol. The van der Waals surface area contributed by atoms with Crippen LogP contribution in [0.2, 0.25) is 9.36 Å². The van der Waals surface area contributed by atoms with Gasteiger partial charge < -0.3 is 0 Å². The summed E-state index contributed by atoms with van der Waals surface area (Å²) in [5.74, 6) is 5.18. The highest BCUT2D eigenvalue weighted by Gasteiger charge is 2.17. The number of hydrazine groups is 1. The van der Waals surface area contributed by atoms with Gasteiger partial charge >= 0.3 is 0 Å². The van der Waals surface area contributed by atoms with Crippen molar-refractivity contribution in [1.29, 1.82) is 0 Å². The van der Waals surface area contributed by atoms with E-state index in [4.69, 9.17) is 29.0 Å². The molecule has 2 aromatic rings. The lowest BCUT2D eigenvalue weighted by molar-refractivity contribution is 0.535. The third-order valence-electron chi connectivity index (χ3n) is 2.61. The van der Waals surface area contributed by atoms with Crippen molar-refractivity contribution in [2.24, 2.45) is 5.84 Å². The summed E-state index contributed by atoms with van der Waals surface area (Å²) in [5.41, 5.74) is 3.11. The molecule has 0 bridgehead atoms. The summed E-state index contributed by atoms with van der Waals surface area (Å²) in [6, 6.07) is 8.07. The minimum absolute atomic E-state index is 0.211. The highest BCUT2D eigenvalue weighted by atomic mass is 35.5. The van der Waals surface area contributed by atoms with Crippen molar-refractivity contribution in [2.75, 3.05) is 0 Å². The minimum Gasteiger partial charge on any atom is -0.271 e. The SMILES string of the molecule is NNC(Cc1c(F)cccc1Cl)c1ccc(Cl)s1. The fourth-order valence-electron chi connectivity index (χ4n) is 1.69. The zero-order valence-corrected chi connectivity index (χ0v) is 11.6. The molecule has 96 valence electrons. The number of rotatable bonds is 4. The van der Waals surface area contributed by atoms with E-state index in [-0.39, 0.29) is 11.9 Å². The molecule has 0 saturated carbocycles. The standard InChI is InChI=1S/C12H11Cl2FN2S/c13-8-2-1-3-9(15)7(8)6-10(17-16)11-4-5-12(14)18-11/h1-5,10,17H,6,16H2. The fourth-order valence-corrected chi connectivity index (χ4v) is 3.05. The molecule has 0 aliphatic carbocycles. The zero-order chi connectivity index (χ0) is 13.1. The monoisotopic (exact) mass is 304 g/mol. The molecule has 18 heavy (non-hydrogen) atoms. The van der Waals surface area contributed by atoms with Crippen LogP contribution >= 0.6 is 34.5 Å². The number of hydrogen-bond donors (Lipinski definition) is 2. The predicted molar refractivity (Wildman–Crippen MR) is 74.5 cm³/mol. The maximum atomic E-state index is 13.7. The van der Waals surface area contributed by atoms with Crippen LogP contribution in [0, 0.1) is 5.82 Å². The lowest BCUT2D eigenvalue weighted by atomic mass is 10.0. The van der Waals surface area contributed by atoms with E-state index in [9.17, 15) is 4.39 Å². The Labute approximate surface area is 118 Å². The number of nitrogens with two attached hydrogens (primary N) is 1. The van der Waals surface area contributed by atoms with Gasteiger partial charge in [-0.2, -0.15) is 0 Å². The Bertz CT molecular complexity index is 524. The van der Waals surface area contributed by atoms with Crippen LogP contribution in [0.4, 0.5) is 4.39 Å². The van der Waals surface area contributed by atoms with Crippen molar-refractivity contribution in [3.63, 3.8) is 0 Å². The molecule has 0 spiro atoms. The summed E-state index contributed by atoms with van der Waals surface area (Å²) >= 11 is 13.3. The Morgan fingerprint density at radius 1 is 1.28 bits per heavy atom. The van der Waals surface area contributed by atoms with E-state index < -0.39 is 0 Å². The van der Waals surface area contributed by atoms with Gasteiger partial charge in [0.1, 0.15) is 5.82 Å². The van der Waals surface area contributed by atoms with Gasteiger partial charge in [-0.15, -0.1) is 11.3 Å². The van der Waals surface area contributed by atoms with E-state index in [1.54, 1.807) is 18.2 Å². The molecular formula is C12H11Cl2FN2S. The van der Waals surface area contributed by atoms with Crippen LogP contribution in [0.5, 0.6) is 0 Å². The average molecular weight is 305 g/mol. The number of thiophene rings is 1. The average Bonchev–Trinajstić information content (AvgIpc) is 2.76. The van der Waals surface area contributed by atoms with E-state index in [0.29, 0.717) is 21.3 Å². The Morgan fingerprint density at radius 2 is 2.06 bits per heavy atom. The smallest absolute Gasteiger partial charge is 0.127 e. The first kappa shape index (κ1) is 13.8. The van der Waals surface area contributed by atoms with Crippen molar-refractivity contribution in [3.05, 3.63) is 55.9 Å². The lowest BCUT2D eigenvalue weighted by Gasteiger charge is -2.15. The van der Waals surface area contributed by atoms with Gasteiger partial charge in [-0.25, -0.2) is 4.39 Å². The summed E-state index contributed by atoms with van der Waals surface area (Å²) in [7, 11) is 0. The Kier molecular flexibility index (Phi) is 4.59. The van der Waals surface area contributed by atoms with Crippen molar-refractivity contribution < 1.29 is 4.39 Å². The van der Waals surface area contributed by atoms with Crippen LogP contribution in [0.15, 0.2) is 30.3 Å². The van der Waals surface area contributed by atoms with Crippen LogP contribution in [0.3, 0.4) is 0 Å². The normalized spacial score (nSPS) is 12.7. The summed E-state index contributed by atoms with van der Waals surface area (Å²) in [6.45, 7) is 0. The molecule has 1 atom stereocenters. The molecule has 3 N–H and O–H groups in total. The number of halogens is 3. The van der Waals surface area contributed by atoms with Crippen LogP contribution < -0.4 is 11.3 Å². The van der Waals surface area contributed by atoms with E-state index >= 15 is 0 Å². The van der Waals surface area contributed by atoms with E-state index in [0.717, 1.165) is 4.88 Å². The maximum Gasteiger partial charge on any atom is 0.127 e. The van der Waals surface area contributed by atoms with Crippen molar-refractivity contribution in [3.8, 4) is 0 Å². The fraction of sp³-hybridized carbons (Fsp3) is 0.167. The molecule has 1 unspecified atom stereocenters. The minimum atomic E-state index is -0.328. The van der Waals surface area contributed by atoms with E-state index in [1.807, 2.05) is 6.07 Å². The Morgan fingerprint density at radius 3 is 2.61 bits per heavy atom. The molecule has 0 aliphatic heterocycles. The molecule has 1 aromatic carbocycles. The van der Waals surface area contributed by atoms with Gasteiger partial charge in [-0.1, -0.05) is 29.3 Å². The molecule has 0 amide bonds. The van der Waals surface area contributed by atoms with Crippen molar-refractivity contribution in [1.82, 2.24) is 5.43 Å². The topological polar surface area (TPSA) is 38.0 Å². The molecule has 0 saturated heterocycles. The van der Waals surface area contributed by atoms with Crippen molar-refractivity contribution >= 4 is 34.5 Å². The first-order valence-corrected chi connectivity index (χ1v) is 6.83. The summed E-state index contributed by atoms with van der Waals surface area (Å²) in [6.07, 6.45) is 0.374. The van der Waals surface area contributed by atoms with Crippen LogP contribution in [-0.4, -0.2) is 0 Å². The van der Waals surface area contributed by atoms with Gasteiger partial charge in [0.05, 0.1) is 10.4 Å². The predicted octanol–water partition coefficient (Wildman–Crippen LogP) is 3.94. The van der Waals surface area contributed by atoms with Crippen LogP contribution in [-0.2, 0) is 6.42 Å². The molecule has 6 heteroatoms. The largest absolute Gasteiger partial charge is 0.271 e. The highest BCUT2D eigenvalue weighted by molar-refractivity contribution is 7.16. The van der Waals surface area contributed by atoms with Gasteiger partial charge in [0, 0.05) is 15.5 Å². The summed E-state index contributed by atoms with van der Waals surface area (Å²) in [4.78, 5) is 0.946. The first-order chi connectivity index (χ1) is 8.61. The molecule has 2 rings (SSSR count). The van der Waals surface area contributed by atoms with Gasteiger partial charge in [0.15, 0.2) is 0 Å². The number of benzene rings is 1. The molecule has 0 radical (unpaired) electrons. The third-order valence-corrected chi connectivity index (χ3v) is 4.31. The van der Waals surface area contributed by atoms with Crippen molar-refractivity contribution in [2.45, 2.75) is 12.5 Å². The zero-order valence-electron chi connectivity index (χ0n) is 9.29. The molecule has 1 heterocycles.